The standard InChI is InChI=1S/C12H16ClFN2O/c1-7(15)6-11(17)16-8(2)12-9(13)4-3-5-10(12)14/h3-5,7-8H,6,15H2,1-2H3,(H,16,17). The number of nitrogens with one attached hydrogen (secondary N) is 1. The highest BCUT2D eigenvalue weighted by Crippen LogP contribution is 2.25. The van der Waals surface area contributed by atoms with Gasteiger partial charge in [0.15, 0.2) is 0 Å². The zero-order chi connectivity index (χ0) is 13.0. The largest absolute Gasteiger partial charge is 0.349 e. The van der Waals surface area contributed by atoms with Crippen molar-refractivity contribution in [3.8, 4) is 0 Å². The Kier molecular flexibility index (Phi) is 4.90. The summed E-state index contributed by atoms with van der Waals surface area (Å²) in [5, 5.41) is 2.97. The maximum atomic E-state index is 13.6. The molecule has 1 amide bonds. The third-order valence-electron chi connectivity index (χ3n) is 2.32. The molecule has 0 bridgehead atoms. The molecule has 0 heterocycles. The summed E-state index contributed by atoms with van der Waals surface area (Å²) in [6.07, 6.45) is 0.205. The van der Waals surface area contributed by atoms with Gasteiger partial charge in [-0.1, -0.05) is 17.7 Å². The molecule has 0 aromatic heterocycles. The molecule has 0 aliphatic heterocycles. The van der Waals surface area contributed by atoms with Gasteiger partial charge in [0.1, 0.15) is 5.82 Å². The monoisotopic (exact) mass is 258 g/mol. The normalized spacial score (nSPS) is 14.2. The predicted molar refractivity (Wildman–Crippen MR) is 66.2 cm³/mol. The smallest absolute Gasteiger partial charge is 0.222 e. The first-order chi connectivity index (χ1) is 7.91. The molecule has 0 saturated heterocycles. The highest BCUT2D eigenvalue weighted by molar-refractivity contribution is 6.31. The van der Waals surface area contributed by atoms with Crippen molar-refractivity contribution in [2.45, 2.75) is 32.4 Å². The molecular formula is C12H16ClFN2O. The van der Waals surface area contributed by atoms with E-state index in [0.29, 0.717) is 10.6 Å². The molecule has 94 valence electrons. The van der Waals surface area contributed by atoms with Crippen LogP contribution in [0.15, 0.2) is 18.2 Å². The molecule has 3 N–H and O–H groups in total. The van der Waals surface area contributed by atoms with E-state index in [2.05, 4.69) is 5.32 Å². The second-order valence-corrected chi connectivity index (χ2v) is 4.51. The molecule has 0 aliphatic rings. The molecule has 0 radical (unpaired) electrons. The van der Waals surface area contributed by atoms with Crippen LogP contribution in [-0.2, 0) is 4.79 Å². The van der Waals surface area contributed by atoms with Crippen LogP contribution in [0.4, 0.5) is 4.39 Å². The van der Waals surface area contributed by atoms with Crippen molar-refractivity contribution in [1.82, 2.24) is 5.32 Å². The maximum absolute atomic E-state index is 13.6. The highest BCUT2D eigenvalue weighted by Gasteiger charge is 2.17. The van der Waals surface area contributed by atoms with Gasteiger partial charge in [0, 0.05) is 23.0 Å². The van der Waals surface area contributed by atoms with Gasteiger partial charge < -0.3 is 11.1 Å². The summed E-state index contributed by atoms with van der Waals surface area (Å²) in [6, 6.07) is 3.73. The van der Waals surface area contributed by atoms with Gasteiger partial charge in [-0.05, 0) is 26.0 Å². The van der Waals surface area contributed by atoms with Gasteiger partial charge in [-0.3, -0.25) is 4.79 Å². The SMILES string of the molecule is CC(N)CC(=O)NC(C)c1c(F)cccc1Cl. The Balaban J connectivity index is 2.76. The second kappa shape index (κ2) is 5.98. The van der Waals surface area contributed by atoms with Gasteiger partial charge in [0.2, 0.25) is 5.91 Å². The van der Waals surface area contributed by atoms with Crippen molar-refractivity contribution in [2.75, 3.05) is 0 Å². The topological polar surface area (TPSA) is 55.1 Å². The van der Waals surface area contributed by atoms with Crippen molar-refractivity contribution in [1.29, 1.82) is 0 Å². The van der Waals surface area contributed by atoms with E-state index in [1.54, 1.807) is 19.9 Å². The van der Waals surface area contributed by atoms with Gasteiger partial charge in [-0.15, -0.1) is 0 Å². The lowest BCUT2D eigenvalue weighted by Crippen LogP contribution is -2.32. The van der Waals surface area contributed by atoms with E-state index in [1.807, 2.05) is 0 Å². The number of hydrogen-bond donors (Lipinski definition) is 2. The first-order valence-corrected chi connectivity index (χ1v) is 5.78. The summed E-state index contributed by atoms with van der Waals surface area (Å²) in [4.78, 5) is 11.5. The minimum atomic E-state index is -0.477. The molecule has 17 heavy (non-hydrogen) atoms. The Morgan fingerprint density at radius 3 is 2.71 bits per heavy atom. The second-order valence-electron chi connectivity index (χ2n) is 4.11. The Hall–Kier alpha value is -1.13. The third kappa shape index (κ3) is 3.98. The molecule has 0 spiro atoms. The van der Waals surface area contributed by atoms with E-state index in [-0.39, 0.29) is 18.4 Å². The average Bonchev–Trinajstić information content (AvgIpc) is 2.15. The van der Waals surface area contributed by atoms with E-state index in [9.17, 15) is 9.18 Å². The number of carbonyl (C=O) groups excluding carboxylic acids is 1. The van der Waals surface area contributed by atoms with Crippen molar-refractivity contribution in [3.05, 3.63) is 34.6 Å². The number of carbonyl (C=O) groups is 1. The highest BCUT2D eigenvalue weighted by atomic mass is 35.5. The van der Waals surface area contributed by atoms with Crippen LogP contribution in [0.25, 0.3) is 0 Å². The molecule has 0 fully saturated rings. The van der Waals surface area contributed by atoms with Gasteiger partial charge >= 0.3 is 0 Å². The fourth-order valence-electron chi connectivity index (χ4n) is 1.59. The van der Waals surface area contributed by atoms with Crippen molar-refractivity contribution in [2.24, 2.45) is 5.73 Å². The Labute approximate surface area is 105 Å². The zero-order valence-corrected chi connectivity index (χ0v) is 10.6. The fraction of sp³-hybridized carbons (Fsp3) is 0.417. The van der Waals surface area contributed by atoms with Crippen LogP contribution in [0, 0.1) is 5.82 Å². The van der Waals surface area contributed by atoms with Crippen molar-refractivity contribution >= 4 is 17.5 Å². The number of nitrogens with two attached hydrogens (primary N) is 1. The molecule has 2 atom stereocenters. The van der Waals surface area contributed by atoms with Gasteiger partial charge in [0.05, 0.1) is 6.04 Å². The minimum absolute atomic E-state index is 0.205. The van der Waals surface area contributed by atoms with Gasteiger partial charge in [-0.2, -0.15) is 0 Å². The molecule has 3 nitrogen and oxygen atoms in total. The zero-order valence-electron chi connectivity index (χ0n) is 9.84. The number of rotatable bonds is 4. The van der Waals surface area contributed by atoms with Crippen molar-refractivity contribution in [3.63, 3.8) is 0 Å². The lowest BCUT2D eigenvalue weighted by molar-refractivity contribution is -0.122. The minimum Gasteiger partial charge on any atom is -0.349 e. The van der Waals surface area contributed by atoms with E-state index >= 15 is 0 Å². The molecule has 0 saturated carbocycles. The number of halogens is 2. The Bertz CT molecular complexity index is 389. The number of benzene rings is 1. The summed E-state index contributed by atoms with van der Waals surface area (Å²) in [5.74, 6) is -0.641. The van der Waals surface area contributed by atoms with E-state index in [1.165, 1.54) is 12.1 Å². The van der Waals surface area contributed by atoms with Gasteiger partial charge in [-0.25, -0.2) is 4.39 Å². The van der Waals surface area contributed by atoms with Crippen LogP contribution in [-0.4, -0.2) is 11.9 Å². The van der Waals surface area contributed by atoms with E-state index in [0.717, 1.165) is 0 Å². The van der Waals surface area contributed by atoms with Gasteiger partial charge in [0.25, 0.3) is 0 Å². The Morgan fingerprint density at radius 2 is 2.18 bits per heavy atom. The molecule has 0 aliphatic carbocycles. The third-order valence-corrected chi connectivity index (χ3v) is 2.65. The quantitative estimate of drug-likeness (QED) is 0.871. The summed E-state index contributed by atoms with van der Waals surface area (Å²) in [6.45, 7) is 3.42. The van der Waals surface area contributed by atoms with Crippen LogP contribution in [0.2, 0.25) is 5.02 Å². The van der Waals surface area contributed by atoms with Crippen LogP contribution < -0.4 is 11.1 Å². The van der Waals surface area contributed by atoms with E-state index < -0.39 is 11.9 Å². The molecule has 1 aromatic rings. The summed E-state index contributed by atoms with van der Waals surface area (Å²) >= 11 is 5.90. The summed E-state index contributed by atoms with van der Waals surface area (Å²) in [5.41, 5.74) is 5.80. The first kappa shape index (κ1) is 13.9. The lowest BCUT2D eigenvalue weighted by atomic mass is 10.1. The summed E-state index contributed by atoms with van der Waals surface area (Å²) in [7, 11) is 0. The first-order valence-electron chi connectivity index (χ1n) is 5.40. The van der Waals surface area contributed by atoms with Crippen LogP contribution in [0.5, 0.6) is 0 Å². The molecular weight excluding hydrogens is 243 g/mol. The van der Waals surface area contributed by atoms with E-state index in [4.69, 9.17) is 17.3 Å². The molecule has 5 heteroatoms. The predicted octanol–water partition coefficient (Wildman–Crippen LogP) is 2.39. The number of hydrogen-bond acceptors (Lipinski definition) is 2. The average molecular weight is 259 g/mol. The molecule has 2 unspecified atom stereocenters. The Morgan fingerprint density at radius 1 is 1.53 bits per heavy atom. The van der Waals surface area contributed by atoms with Crippen LogP contribution in [0.3, 0.4) is 0 Å². The van der Waals surface area contributed by atoms with Crippen molar-refractivity contribution < 1.29 is 9.18 Å². The fourth-order valence-corrected chi connectivity index (χ4v) is 1.92. The van der Waals surface area contributed by atoms with Crippen LogP contribution in [0.1, 0.15) is 31.9 Å². The lowest BCUT2D eigenvalue weighted by Gasteiger charge is -2.17. The number of amides is 1. The molecule has 1 rings (SSSR count). The molecule has 1 aromatic carbocycles. The maximum Gasteiger partial charge on any atom is 0.222 e. The van der Waals surface area contributed by atoms with Crippen LogP contribution >= 0.6 is 11.6 Å². The summed E-state index contributed by atoms with van der Waals surface area (Å²) < 4.78 is 13.6.